The largest absolute Gasteiger partial charge is 0.361 e. The maximum absolute atomic E-state index is 15.9. The Balaban J connectivity index is 1.52. The third kappa shape index (κ3) is 4.21. The van der Waals surface area contributed by atoms with Gasteiger partial charge in [0, 0.05) is 67.7 Å². The van der Waals surface area contributed by atoms with Gasteiger partial charge in [-0.1, -0.05) is 18.7 Å². The van der Waals surface area contributed by atoms with E-state index in [1.54, 1.807) is 0 Å². The summed E-state index contributed by atoms with van der Waals surface area (Å²) in [6.07, 6.45) is 2.31. The van der Waals surface area contributed by atoms with Crippen molar-refractivity contribution in [1.82, 2.24) is 9.21 Å². The van der Waals surface area contributed by atoms with E-state index in [9.17, 15) is 8.42 Å². The van der Waals surface area contributed by atoms with Gasteiger partial charge < -0.3 is 4.74 Å². The van der Waals surface area contributed by atoms with Crippen LogP contribution in [0.2, 0.25) is 0 Å². The molecule has 1 aliphatic heterocycles. The lowest BCUT2D eigenvalue weighted by molar-refractivity contribution is -0.319. The quantitative estimate of drug-likeness (QED) is 0.292. The zero-order valence-electron chi connectivity index (χ0n) is 22.3. The van der Waals surface area contributed by atoms with E-state index in [1.165, 1.54) is 10.4 Å². The lowest BCUT2D eigenvalue weighted by atomic mass is 9.64. The van der Waals surface area contributed by atoms with Crippen molar-refractivity contribution in [1.29, 1.82) is 0 Å². The number of nitrogens with zero attached hydrogens (tertiary/aromatic N) is 2. The Hall–Kier alpha value is -2.41. The molecular weight excluding hydrogens is 558 g/mol. The summed E-state index contributed by atoms with van der Waals surface area (Å²) in [5.74, 6) is -9.97. The van der Waals surface area contributed by atoms with Crippen molar-refractivity contribution in [3.63, 3.8) is 0 Å². The molecule has 1 atom stereocenters. The molecule has 0 spiro atoms. The molecule has 2 aliphatic carbocycles. The van der Waals surface area contributed by atoms with E-state index < -0.39 is 55.8 Å². The second-order valence-electron chi connectivity index (χ2n) is 10.9. The number of fused-ring (bicyclic) bond motifs is 1. The minimum Gasteiger partial charge on any atom is -0.361 e. The van der Waals surface area contributed by atoms with Crippen LogP contribution >= 0.6 is 0 Å². The molecule has 2 aromatic rings. The molecule has 0 radical (unpaired) electrons. The molecule has 1 unspecified atom stereocenters. The van der Waals surface area contributed by atoms with Crippen LogP contribution in [-0.4, -0.2) is 63.1 Å². The summed E-state index contributed by atoms with van der Waals surface area (Å²) < 4.78 is 122. The van der Waals surface area contributed by atoms with Gasteiger partial charge in [-0.15, -0.1) is 0 Å². The van der Waals surface area contributed by atoms with Gasteiger partial charge in [0.2, 0.25) is 15.6 Å². The third-order valence-electron chi connectivity index (χ3n) is 8.26. The van der Waals surface area contributed by atoms with Gasteiger partial charge in [0.1, 0.15) is 11.6 Å². The number of halogens is 6. The highest BCUT2D eigenvalue weighted by Gasteiger charge is 2.78. The molecule has 1 heterocycles. The van der Waals surface area contributed by atoms with E-state index in [1.807, 2.05) is 4.90 Å². The molecule has 5 nitrogen and oxygen atoms in total. The number of methoxy groups -OCH3 is 1. The van der Waals surface area contributed by atoms with Crippen LogP contribution in [0.15, 0.2) is 36.4 Å². The first-order valence-electron chi connectivity index (χ1n) is 12.9. The van der Waals surface area contributed by atoms with E-state index in [4.69, 9.17) is 4.74 Å². The van der Waals surface area contributed by atoms with Crippen LogP contribution in [0, 0.1) is 11.6 Å². The molecule has 40 heavy (non-hydrogen) atoms. The minimum absolute atomic E-state index is 0.0339. The van der Waals surface area contributed by atoms with E-state index in [2.05, 4.69) is 6.58 Å². The van der Waals surface area contributed by atoms with Gasteiger partial charge in [-0.2, -0.15) is 21.9 Å². The first-order chi connectivity index (χ1) is 18.6. The Labute approximate surface area is 229 Å². The predicted octanol–water partition coefficient (Wildman–Crippen LogP) is 5.74. The Kier molecular flexibility index (Phi) is 6.96. The number of alkyl halides is 4. The van der Waals surface area contributed by atoms with Crippen LogP contribution in [0.4, 0.5) is 26.3 Å². The molecule has 2 fully saturated rings. The SMILES string of the molecule is C=C(C)C(F)(F)C1(OC)c2ccc(-c3c(F)cc(CN4CCN(S(C)(=O)=O)CC4)c(F)c3C3CC3)cc2C1(F)F. The fourth-order valence-corrected chi connectivity index (χ4v) is 6.75. The molecule has 5 rings (SSSR count). The zero-order valence-corrected chi connectivity index (χ0v) is 23.2. The zero-order chi connectivity index (χ0) is 29.4. The molecule has 3 aliphatic rings. The summed E-state index contributed by atoms with van der Waals surface area (Å²) in [6, 6.07) is 4.27. The highest BCUT2D eigenvalue weighted by atomic mass is 32.2. The van der Waals surface area contributed by atoms with Crippen LogP contribution in [0.5, 0.6) is 0 Å². The number of benzene rings is 2. The predicted molar refractivity (Wildman–Crippen MR) is 138 cm³/mol. The van der Waals surface area contributed by atoms with Crippen LogP contribution in [0.1, 0.15) is 47.9 Å². The van der Waals surface area contributed by atoms with Crippen molar-refractivity contribution in [3.05, 3.63) is 70.3 Å². The topological polar surface area (TPSA) is 49.9 Å². The number of hydrogen-bond donors (Lipinski definition) is 0. The lowest BCUT2D eigenvalue weighted by Crippen LogP contribution is -2.65. The van der Waals surface area contributed by atoms with Crippen molar-refractivity contribution in [2.45, 2.75) is 49.7 Å². The highest BCUT2D eigenvalue weighted by molar-refractivity contribution is 7.88. The van der Waals surface area contributed by atoms with Crippen LogP contribution in [0.25, 0.3) is 11.1 Å². The fraction of sp³-hybridized carbons (Fsp3) is 0.500. The molecular formula is C28H30F6N2O3S. The molecule has 2 aromatic carbocycles. The Morgan fingerprint density at radius 1 is 1.10 bits per heavy atom. The van der Waals surface area contributed by atoms with Crippen molar-refractivity contribution in [2.24, 2.45) is 0 Å². The molecule has 12 heteroatoms. The summed E-state index contributed by atoms with van der Waals surface area (Å²) in [5.41, 5.74) is -5.24. The van der Waals surface area contributed by atoms with Crippen molar-refractivity contribution >= 4 is 10.0 Å². The first-order valence-corrected chi connectivity index (χ1v) is 14.7. The normalized spacial score (nSPS) is 23.5. The van der Waals surface area contributed by atoms with Crippen molar-refractivity contribution < 1.29 is 39.5 Å². The Morgan fingerprint density at radius 2 is 1.73 bits per heavy atom. The monoisotopic (exact) mass is 588 g/mol. The lowest BCUT2D eigenvalue weighted by Gasteiger charge is -2.52. The number of piperazine rings is 1. The third-order valence-corrected chi connectivity index (χ3v) is 9.56. The molecule has 0 amide bonds. The van der Waals surface area contributed by atoms with Gasteiger partial charge in [0.05, 0.1) is 6.26 Å². The Morgan fingerprint density at radius 3 is 2.25 bits per heavy atom. The average molecular weight is 589 g/mol. The van der Waals surface area contributed by atoms with Crippen molar-refractivity contribution in [3.8, 4) is 11.1 Å². The molecule has 0 bridgehead atoms. The highest BCUT2D eigenvalue weighted by Crippen LogP contribution is 2.66. The van der Waals surface area contributed by atoms with Gasteiger partial charge in [-0.05, 0) is 49.0 Å². The van der Waals surface area contributed by atoms with Gasteiger partial charge in [-0.25, -0.2) is 17.2 Å². The van der Waals surface area contributed by atoms with Crippen LogP contribution < -0.4 is 0 Å². The van der Waals surface area contributed by atoms with Crippen LogP contribution in [0.3, 0.4) is 0 Å². The van der Waals surface area contributed by atoms with Crippen LogP contribution in [-0.2, 0) is 32.8 Å². The second kappa shape index (κ2) is 9.57. The van der Waals surface area contributed by atoms with Gasteiger partial charge >= 0.3 is 11.8 Å². The molecule has 1 saturated heterocycles. The number of hydrogen-bond acceptors (Lipinski definition) is 4. The first kappa shape index (κ1) is 29.1. The number of ether oxygens (including phenoxy) is 1. The van der Waals surface area contributed by atoms with Crippen molar-refractivity contribution in [2.75, 3.05) is 39.5 Å². The summed E-state index contributed by atoms with van der Waals surface area (Å²) in [6.45, 7) is 5.29. The molecule has 1 saturated carbocycles. The summed E-state index contributed by atoms with van der Waals surface area (Å²) >= 11 is 0. The van der Waals surface area contributed by atoms with Gasteiger partial charge in [0.15, 0.2) is 0 Å². The summed E-state index contributed by atoms with van der Waals surface area (Å²) in [7, 11) is -2.57. The second-order valence-corrected chi connectivity index (χ2v) is 12.9. The van der Waals surface area contributed by atoms with E-state index >= 15 is 26.3 Å². The Bertz CT molecular complexity index is 1480. The standard InChI is InChI=1S/C28H30F6N2O3S/c1-16(2)27(31,32)26(39-3)20-8-7-18(13-21(20)28(26,33)34)23-22(29)14-19(25(30)24(23)17-5-6-17)15-35-9-11-36(12-10-35)40(4,37)38/h7-8,13-14,17H,1,5-6,9-12,15H2,2-4H3. The summed E-state index contributed by atoms with van der Waals surface area (Å²) in [4.78, 5) is 1.83. The minimum atomic E-state index is -4.13. The summed E-state index contributed by atoms with van der Waals surface area (Å²) in [5, 5.41) is 0. The maximum atomic E-state index is 15.9. The smallest absolute Gasteiger partial charge is 0.312 e. The van der Waals surface area contributed by atoms with Gasteiger partial charge in [0.25, 0.3) is 0 Å². The molecule has 0 N–H and O–H groups in total. The van der Waals surface area contributed by atoms with Gasteiger partial charge in [-0.3, -0.25) is 4.90 Å². The number of sulfonamides is 1. The molecule has 0 aromatic heterocycles. The van der Waals surface area contributed by atoms with E-state index in [0.717, 1.165) is 38.5 Å². The average Bonchev–Trinajstić information content (AvgIpc) is 3.71. The van der Waals surface area contributed by atoms with E-state index in [0.29, 0.717) is 25.9 Å². The molecule has 218 valence electrons. The fourth-order valence-electron chi connectivity index (χ4n) is 5.92. The maximum Gasteiger partial charge on any atom is 0.312 e. The van der Waals surface area contributed by atoms with E-state index in [-0.39, 0.29) is 47.8 Å². The number of rotatable bonds is 8.